The number of carbonyl (C=O) groups is 1. The van der Waals surface area contributed by atoms with Gasteiger partial charge in [-0.1, -0.05) is 50.5 Å². The van der Waals surface area contributed by atoms with E-state index >= 15 is 0 Å². The Labute approximate surface area is 195 Å². The van der Waals surface area contributed by atoms with E-state index in [2.05, 4.69) is 6.92 Å². The molecule has 1 rings (SSSR count). The first-order valence-electron chi connectivity index (χ1n) is 11.9. The van der Waals surface area contributed by atoms with Gasteiger partial charge >= 0.3 is 0 Å². The van der Waals surface area contributed by atoms with Crippen LogP contribution in [0.3, 0.4) is 0 Å². The van der Waals surface area contributed by atoms with Crippen LogP contribution < -0.4 is 4.72 Å². The minimum Gasteiger partial charge on any atom is -0.393 e. The molecule has 2 N–H and O–H groups in total. The highest BCUT2D eigenvalue weighted by molar-refractivity contribution is 7.89. The van der Waals surface area contributed by atoms with Gasteiger partial charge in [0.05, 0.1) is 27.1 Å². The topological polar surface area (TPSA) is 102 Å². The number of amides is 1. The van der Waals surface area contributed by atoms with Crippen LogP contribution in [0.15, 0.2) is 24.3 Å². The molecule has 7 nitrogen and oxygen atoms in total. The maximum atomic E-state index is 11.5. The number of rotatable bonds is 17. The van der Waals surface area contributed by atoms with Crippen LogP contribution in [0, 0.1) is 11.8 Å². The number of allylic oxidation sites excluding steroid dienone is 2. The van der Waals surface area contributed by atoms with E-state index in [-0.39, 0.29) is 39.9 Å². The standard InChI is InChI=1S/C21H39NO6P2S/c1-3-4-7-10-16(27-29)13-14-18-17(19(23)15-20(18)28-30)11-8-5-6-9-12-21(24)22-31(2,25)26/h5,8,13-14,16-20,23H,3-4,6-7,9-12,15,29-30H2,1-2H3,(H,22,24)/b8-5-,14-13+/t16?,17-,18-,19+,20-/m1/s1/i29T,30T/t16?,17-,18-,19+,20-,29?,30?. The van der Waals surface area contributed by atoms with Crippen molar-refractivity contribution in [2.75, 3.05) is 6.26 Å². The molecular weight excluding hydrogens is 456 g/mol. The molecule has 0 heterocycles. The van der Waals surface area contributed by atoms with Crippen molar-refractivity contribution < 1.29 is 27.4 Å². The number of hydrogen-bond donors (Lipinski definition) is 2. The highest BCUT2D eigenvalue weighted by atomic mass is 32.2. The van der Waals surface area contributed by atoms with Crippen LogP contribution in [0.4, 0.5) is 0 Å². The van der Waals surface area contributed by atoms with E-state index in [1.807, 2.05) is 29.0 Å². The molecule has 0 bridgehead atoms. The van der Waals surface area contributed by atoms with Gasteiger partial charge in [-0.25, -0.2) is 8.42 Å². The fraction of sp³-hybridized carbons (Fsp3) is 0.762. The molecule has 0 aromatic carbocycles. The molecular formula is C21H39NO6P2S. The number of unbranched alkanes of at least 4 members (excludes halogenated alkanes) is 3. The average Bonchev–Trinajstić information content (AvgIpc) is 3.02. The SMILES string of the molecule is [3H]POC(/C=C/[C@@H]1[C@@H](C/C=C\CCCC(=O)NS(C)(=O)=O)[C@@H](O)C[C@H]1OP[3H])CCCCC. The van der Waals surface area contributed by atoms with Crippen LogP contribution in [-0.4, -0.2) is 46.6 Å². The largest absolute Gasteiger partial charge is 0.393 e. The van der Waals surface area contributed by atoms with Gasteiger partial charge < -0.3 is 14.2 Å². The summed E-state index contributed by atoms with van der Waals surface area (Å²) in [4.78, 5) is 11.5. The number of aliphatic hydroxyl groups excluding tert-OH is 1. The Kier molecular flexibility index (Phi) is 12.6. The van der Waals surface area contributed by atoms with E-state index in [4.69, 9.17) is 11.6 Å². The summed E-state index contributed by atoms with van der Waals surface area (Å²) in [6.07, 6.45) is 14.5. The second kappa shape index (κ2) is 15.5. The molecule has 3 unspecified atom stereocenters. The molecule has 31 heavy (non-hydrogen) atoms. The van der Waals surface area contributed by atoms with E-state index in [0.717, 1.165) is 31.9 Å². The van der Waals surface area contributed by atoms with Crippen molar-refractivity contribution in [2.45, 2.75) is 83.0 Å². The summed E-state index contributed by atoms with van der Waals surface area (Å²) < 4.78 is 50.1. The van der Waals surface area contributed by atoms with Crippen molar-refractivity contribution in [2.24, 2.45) is 11.8 Å². The molecule has 10 heteroatoms. The molecule has 1 fully saturated rings. The van der Waals surface area contributed by atoms with Gasteiger partial charge in [0.1, 0.15) is 0 Å². The van der Waals surface area contributed by atoms with E-state index in [1.165, 1.54) is 0 Å². The Balaban J connectivity index is 2.65. The fourth-order valence-corrected chi connectivity index (χ4v) is 4.83. The molecule has 1 aliphatic carbocycles. The normalized spacial score (nSPS) is 27.1. The van der Waals surface area contributed by atoms with E-state index in [9.17, 15) is 18.3 Å². The first-order chi connectivity index (χ1) is 15.7. The number of aliphatic hydroxyl groups is 1. The predicted molar refractivity (Wildman–Crippen MR) is 131 cm³/mol. The van der Waals surface area contributed by atoms with Gasteiger partial charge in [0, 0.05) is 37.6 Å². The van der Waals surface area contributed by atoms with Crippen LogP contribution in [-0.2, 0) is 23.9 Å². The lowest BCUT2D eigenvalue weighted by atomic mass is 9.89. The minimum absolute atomic E-state index is 0.0469. The van der Waals surface area contributed by atoms with Crippen LogP contribution in [0.2, 0.25) is 0 Å². The summed E-state index contributed by atoms with van der Waals surface area (Å²) >= 11 is 0. The molecule has 0 aromatic heterocycles. The van der Waals surface area contributed by atoms with Crippen molar-refractivity contribution in [3.8, 4) is 0 Å². The van der Waals surface area contributed by atoms with Crippen LogP contribution in [0.5, 0.6) is 0 Å². The highest BCUT2D eigenvalue weighted by Gasteiger charge is 2.40. The molecule has 0 aliphatic heterocycles. The van der Waals surface area contributed by atoms with Crippen molar-refractivity contribution in [1.29, 1.82) is 2.56 Å². The Morgan fingerprint density at radius 1 is 1.32 bits per heavy atom. The molecule has 0 radical (unpaired) electrons. The molecule has 0 aromatic rings. The van der Waals surface area contributed by atoms with Crippen LogP contribution >= 0.6 is 18.8 Å². The zero-order valence-corrected chi connectivity index (χ0v) is 21.3. The van der Waals surface area contributed by atoms with Gasteiger partial charge in [0.15, 0.2) is 0 Å². The predicted octanol–water partition coefficient (Wildman–Crippen LogP) is 3.66. The third kappa shape index (κ3) is 11.9. The molecule has 1 saturated carbocycles. The summed E-state index contributed by atoms with van der Waals surface area (Å²) in [5, 5.41) is 10.6. The fourth-order valence-electron chi connectivity index (χ4n) is 3.86. The quantitative estimate of drug-likeness (QED) is 0.180. The Morgan fingerprint density at radius 3 is 2.81 bits per heavy atom. The first kappa shape index (κ1) is 25.3. The van der Waals surface area contributed by atoms with E-state index < -0.39 is 31.4 Å². The average molecular weight is 500 g/mol. The van der Waals surface area contributed by atoms with Crippen molar-refractivity contribution in [3.05, 3.63) is 24.3 Å². The Hall–Kier alpha value is -0.360. The number of hydrogen-bond acceptors (Lipinski definition) is 6. The van der Waals surface area contributed by atoms with Crippen molar-refractivity contribution >= 4 is 34.8 Å². The molecule has 0 spiro atoms. The summed E-state index contributed by atoms with van der Waals surface area (Å²) in [6, 6.07) is 0. The lowest BCUT2D eigenvalue weighted by Gasteiger charge is -2.21. The maximum Gasteiger partial charge on any atom is 0.233 e. The number of sulfonamides is 1. The third-order valence-corrected chi connectivity index (χ3v) is 6.69. The smallest absolute Gasteiger partial charge is 0.233 e. The Morgan fingerprint density at radius 2 is 2.13 bits per heavy atom. The van der Waals surface area contributed by atoms with Gasteiger partial charge in [-0.2, -0.15) is 0 Å². The third-order valence-electron chi connectivity index (χ3n) is 5.48. The molecule has 1 amide bonds. The lowest BCUT2D eigenvalue weighted by molar-refractivity contribution is -0.119. The number of nitrogens with one attached hydrogen (secondary N) is 1. The van der Waals surface area contributed by atoms with Crippen molar-refractivity contribution in [3.63, 3.8) is 0 Å². The maximum absolute atomic E-state index is 11.5. The first-order valence-corrected chi connectivity index (χ1v) is 13.6. The van der Waals surface area contributed by atoms with Gasteiger partial charge in [-0.15, -0.1) is 0 Å². The summed E-state index contributed by atoms with van der Waals surface area (Å²) in [7, 11) is -4.26. The zero-order valence-electron chi connectivity index (χ0n) is 20.5. The second-order valence-electron chi connectivity index (χ2n) is 8.13. The zero-order chi connectivity index (χ0) is 24.7. The second-order valence-corrected chi connectivity index (χ2v) is 10.4. The monoisotopic (exact) mass is 499 g/mol. The summed E-state index contributed by atoms with van der Waals surface area (Å²) in [5.74, 6) is -0.612. The van der Waals surface area contributed by atoms with E-state index in [1.54, 1.807) is 0 Å². The van der Waals surface area contributed by atoms with Gasteiger partial charge in [0.2, 0.25) is 15.9 Å². The van der Waals surface area contributed by atoms with Gasteiger partial charge in [0.25, 0.3) is 0 Å². The summed E-state index contributed by atoms with van der Waals surface area (Å²) in [5.41, 5.74) is 0. The molecule has 1 aliphatic rings. The van der Waals surface area contributed by atoms with Gasteiger partial charge in [-0.05, 0) is 31.6 Å². The molecule has 7 atom stereocenters. The van der Waals surface area contributed by atoms with E-state index in [0.29, 0.717) is 25.7 Å². The summed E-state index contributed by atoms with van der Waals surface area (Å²) in [6.45, 7) is 2.14. The Bertz CT molecular complexity index is 726. The van der Waals surface area contributed by atoms with Gasteiger partial charge in [-0.3, -0.25) is 9.52 Å². The molecule has 180 valence electrons. The molecule has 0 saturated heterocycles. The van der Waals surface area contributed by atoms with Crippen molar-refractivity contribution in [1.82, 2.24) is 4.72 Å². The highest BCUT2D eigenvalue weighted by Crippen LogP contribution is 2.39. The van der Waals surface area contributed by atoms with Crippen LogP contribution in [0.1, 0.15) is 64.7 Å². The lowest BCUT2D eigenvalue weighted by Crippen LogP contribution is -2.28. The number of carbonyl (C=O) groups excluding carboxylic acids is 1. The van der Waals surface area contributed by atoms with Crippen LogP contribution in [0.25, 0.3) is 0 Å². The minimum atomic E-state index is -3.52.